The lowest BCUT2D eigenvalue weighted by molar-refractivity contribution is 0.454. The second-order valence-corrected chi connectivity index (χ2v) is 9.38. The first-order valence-corrected chi connectivity index (χ1v) is 12.5. The summed E-state index contributed by atoms with van der Waals surface area (Å²) in [6.07, 6.45) is 9.45. The SMILES string of the molecule is NCCNC(c1ccccc1)(c1ccc(C2CCCCCCC2)cc1)c1ccccc1Cl. The van der Waals surface area contributed by atoms with Crippen molar-refractivity contribution in [3.05, 3.63) is 106 Å². The van der Waals surface area contributed by atoms with Crippen LogP contribution in [0.15, 0.2) is 78.9 Å². The van der Waals surface area contributed by atoms with E-state index in [9.17, 15) is 0 Å². The Labute approximate surface area is 198 Å². The minimum Gasteiger partial charge on any atom is -0.329 e. The third-order valence-electron chi connectivity index (χ3n) is 6.94. The van der Waals surface area contributed by atoms with Crippen molar-refractivity contribution in [2.75, 3.05) is 13.1 Å². The van der Waals surface area contributed by atoms with Crippen LogP contribution in [0.25, 0.3) is 0 Å². The summed E-state index contributed by atoms with van der Waals surface area (Å²) in [6, 6.07) is 28.0. The molecule has 3 N–H and O–H groups in total. The summed E-state index contributed by atoms with van der Waals surface area (Å²) in [4.78, 5) is 0. The van der Waals surface area contributed by atoms with Crippen LogP contribution >= 0.6 is 11.6 Å². The van der Waals surface area contributed by atoms with Crippen molar-refractivity contribution in [2.24, 2.45) is 5.73 Å². The Morgan fingerprint density at radius 1 is 0.750 bits per heavy atom. The van der Waals surface area contributed by atoms with Gasteiger partial charge in [0.25, 0.3) is 0 Å². The molecule has 0 saturated heterocycles. The van der Waals surface area contributed by atoms with Crippen LogP contribution in [0.5, 0.6) is 0 Å². The monoisotopic (exact) mass is 446 g/mol. The van der Waals surface area contributed by atoms with E-state index >= 15 is 0 Å². The summed E-state index contributed by atoms with van der Waals surface area (Å²) in [5.41, 5.74) is 10.3. The molecule has 3 heteroatoms. The highest BCUT2D eigenvalue weighted by atomic mass is 35.5. The fourth-order valence-electron chi connectivity index (χ4n) is 5.28. The molecule has 1 fully saturated rings. The van der Waals surface area contributed by atoms with Gasteiger partial charge in [-0.05, 0) is 47.1 Å². The van der Waals surface area contributed by atoms with Crippen molar-refractivity contribution < 1.29 is 0 Å². The molecular formula is C29H35ClN2. The highest BCUT2D eigenvalue weighted by Crippen LogP contribution is 2.41. The Kier molecular flexibility index (Phi) is 8.02. The van der Waals surface area contributed by atoms with Crippen LogP contribution in [0.1, 0.15) is 73.1 Å². The average molecular weight is 447 g/mol. The van der Waals surface area contributed by atoms with Gasteiger partial charge in [0, 0.05) is 18.1 Å². The van der Waals surface area contributed by atoms with Crippen LogP contribution in [0.3, 0.4) is 0 Å². The predicted molar refractivity (Wildman–Crippen MR) is 136 cm³/mol. The van der Waals surface area contributed by atoms with Crippen molar-refractivity contribution >= 4 is 11.6 Å². The summed E-state index contributed by atoms with van der Waals surface area (Å²) < 4.78 is 0. The fourth-order valence-corrected chi connectivity index (χ4v) is 5.56. The molecule has 4 rings (SSSR count). The largest absolute Gasteiger partial charge is 0.329 e. The Hall–Kier alpha value is -2.13. The van der Waals surface area contributed by atoms with Crippen LogP contribution in [0, 0.1) is 0 Å². The molecule has 0 radical (unpaired) electrons. The van der Waals surface area contributed by atoms with Gasteiger partial charge in [-0.2, -0.15) is 0 Å². The maximum absolute atomic E-state index is 6.80. The second-order valence-electron chi connectivity index (χ2n) is 8.98. The number of nitrogens with one attached hydrogen (secondary N) is 1. The highest BCUT2D eigenvalue weighted by Gasteiger charge is 2.37. The average Bonchev–Trinajstić information content (AvgIpc) is 2.81. The number of nitrogens with two attached hydrogens (primary N) is 1. The Morgan fingerprint density at radius 3 is 2.00 bits per heavy atom. The van der Waals surface area contributed by atoms with Gasteiger partial charge in [-0.1, -0.05) is 117 Å². The van der Waals surface area contributed by atoms with E-state index in [1.54, 1.807) is 0 Å². The normalized spacial score (nSPS) is 17.3. The lowest BCUT2D eigenvalue weighted by Gasteiger charge is -2.38. The second kappa shape index (κ2) is 11.1. The molecule has 0 aromatic heterocycles. The summed E-state index contributed by atoms with van der Waals surface area (Å²) in [6.45, 7) is 1.24. The summed E-state index contributed by atoms with van der Waals surface area (Å²) >= 11 is 6.80. The minimum atomic E-state index is -0.557. The number of benzene rings is 3. The molecule has 2 nitrogen and oxygen atoms in total. The topological polar surface area (TPSA) is 38.0 Å². The Bertz CT molecular complexity index is 962. The molecule has 0 amide bonds. The molecule has 1 aliphatic rings. The molecular weight excluding hydrogens is 412 g/mol. The molecule has 1 unspecified atom stereocenters. The molecule has 0 spiro atoms. The zero-order valence-corrected chi connectivity index (χ0v) is 19.7. The summed E-state index contributed by atoms with van der Waals surface area (Å²) in [5.74, 6) is 0.674. The van der Waals surface area contributed by atoms with E-state index < -0.39 is 5.54 Å². The molecule has 0 aliphatic heterocycles. The summed E-state index contributed by atoms with van der Waals surface area (Å²) in [5, 5.41) is 4.54. The molecule has 0 bridgehead atoms. The van der Waals surface area contributed by atoms with Crippen LogP contribution in [0.2, 0.25) is 5.02 Å². The summed E-state index contributed by atoms with van der Waals surface area (Å²) in [7, 11) is 0. The lowest BCUT2D eigenvalue weighted by atomic mass is 9.76. The zero-order valence-electron chi connectivity index (χ0n) is 18.9. The first-order valence-electron chi connectivity index (χ1n) is 12.1. The van der Waals surface area contributed by atoms with Crippen LogP contribution < -0.4 is 11.1 Å². The van der Waals surface area contributed by atoms with E-state index in [-0.39, 0.29) is 0 Å². The Morgan fingerprint density at radius 2 is 1.34 bits per heavy atom. The number of halogens is 1. The van der Waals surface area contributed by atoms with Gasteiger partial charge in [0.15, 0.2) is 0 Å². The van der Waals surface area contributed by atoms with Gasteiger partial charge in [0.05, 0.1) is 5.54 Å². The van der Waals surface area contributed by atoms with Crippen molar-refractivity contribution in [2.45, 2.75) is 56.4 Å². The Balaban J connectivity index is 1.80. The first kappa shape index (κ1) is 23.0. The smallest absolute Gasteiger partial charge is 0.0962 e. The van der Waals surface area contributed by atoms with Gasteiger partial charge in [-0.3, -0.25) is 5.32 Å². The maximum atomic E-state index is 6.80. The molecule has 0 heterocycles. The van der Waals surface area contributed by atoms with Crippen LogP contribution in [-0.4, -0.2) is 13.1 Å². The first-order chi connectivity index (χ1) is 15.8. The molecule has 1 aliphatic carbocycles. The zero-order chi connectivity index (χ0) is 22.2. The van der Waals surface area contributed by atoms with Crippen LogP contribution in [0.4, 0.5) is 0 Å². The fraction of sp³-hybridized carbons (Fsp3) is 0.379. The third-order valence-corrected chi connectivity index (χ3v) is 7.27. The highest BCUT2D eigenvalue weighted by molar-refractivity contribution is 6.31. The third kappa shape index (κ3) is 4.93. The van der Waals surface area contributed by atoms with Crippen molar-refractivity contribution in [3.63, 3.8) is 0 Å². The van der Waals surface area contributed by atoms with Crippen molar-refractivity contribution in [3.8, 4) is 0 Å². The molecule has 3 aromatic carbocycles. The number of hydrogen-bond donors (Lipinski definition) is 2. The van der Waals surface area contributed by atoms with E-state index in [0.717, 1.165) is 10.6 Å². The molecule has 1 saturated carbocycles. The van der Waals surface area contributed by atoms with Gasteiger partial charge < -0.3 is 5.73 Å². The van der Waals surface area contributed by atoms with E-state index in [1.807, 2.05) is 12.1 Å². The van der Waals surface area contributed by atoms with Gasteiger partial charge in [0.2, 0.25) is 0 Å². The van der Waals surface area contributed by atoms with E-state index in [1.165, 1.54) is 61.6 Å². The van der Waals surface area contributed by atoms with Crippen molar-refractivity contribution in [1.82, 2.24) is 5.32 Å². The number of rotatable bonds is 7. The van der Waals surface area contributed by atoms with Gasteiger partial charge >= 0.3 is 0 Å². The van der Waals surface area contributed by atoms with Crippen LogP contribution in [-0.2, 0) is 5.54 Å². The van der Waals surface area contributed by atoms with E-state index in [4.69, 9.17) is 17.3 Å². The van der Waals surface area contributed by atoms with Crippen molar-refractivity contribution in [1.29, 1.82) is 0 Å². The predicted octanol–water partition coefficient (Wildman–Crippen LogP) is 7.01. The molecule has 1 atom stereocenters. The lowest BCUT2D eigenvalue weighted by Crippen LogP contribution is -2.46. The standard InChI is InChI=1S/C29H35ClN2/c30-28-16-10-9-15-27(28)29(32-22-21-31,25-13-7-4-8-14-25)26-19-17-24(18-20-26)23-11-5-2-1-3-6-12-23/h4,7-10,13-20,23,32H,1-3,5-6,11-12,21-22,31H2. The molecule has 32 heavy (non-hydrogen) atoms. The van der Waals surface area contributed by atoms with Gasteiger partial charge in [0.1, 0.15) is 0 Å². The molecule has 3 aromatic rings. The molecule has 168 valence electrons. The quantitative estimate of drug-likeness (QED) is 0.383. The van der Waals surface area contributed by atoms with E-state index in [2.05, 4.69) is 72.0 Å². The van der Waals surface area contributed by atoms with Gasteiger partial charge in [-0.15, -0.1) is 0 Å². The maximum Gasteiger partial charge on any atom is 0.0962 e. The van der Waals surface area contributed by atoms with E-state index in [0.29, 0.717) is 19.0 Å². The number of hydrogen-bond acceptors (Lipinski definition) is 2. The minimum absolute atomic E-state index is 0.555. The van der Waals surface area contributed by atoms with Gasteiger partial charge in [-0.25, -0.2) is 0 Å².